The number of β-amino-alcohol motifs (C(OH)–C–C–N with tert-alkyl or cyclic N) is 1. The molecule has 6 heteroatoms. The summed E-state index contributed by atoms with van der Waals surface area (Å²) in [5.74, 6) is -1.31. The van der Waals surface area contributed by atoms with Gasteiger partial charge in [0.25, 0.3) is 0 Å². The van der Waals surface area contributed by atoms with E-state index in [4.69, 9.17) is 0 Å². The average molecular weight is 303 g/mol. The van der Waals surface area contributed by atoms with E-state index in [1.54, 1.807) is 0 Å². The molecule has 20 heavy (non-hydrogen) atoms. The Labute approximate surface area is 120 Å². The lowest BCUT2D eigenvalue weighted by Crippen LogP contribution is -2.50. The van der Waals surface area contributed by atoms with Gasteiger partial charge in [-0.05, 0) is 31.5 Å². The maximum Gasteiger partial charge on any atom is 0.159 e. The Morgan fingerprint density at radius 2 is 2.10 bits per heavy atom. The topological polar surface area (TPSA) is 40.5 Å². The predicted octanol–water partition coefficient (Wildman–Crippen LogP) is 1.84. The van der Waals surface area contributed by atoms with Crippen LogP contribution in [0, 0.1) is 11.6 Å². The smallest absolute Gasteiger partial charge is 0.159 e. The maximum absolute atomic E-state index is 13.2. The largest absolute Gasteiger partial charge is 0.387 e. The molecule has 0 bridgehead atoms. The number of nitrogens with zero attached hydrogens (tertiary/aromatic N) is 1. The van der Waals surface area contributed by atoms with E-state index in [1.807, 2.05) is 18.7 Å². The van der Waals surface area contributed by atoms with E-state index in [-0.39, 0.29) is 4.75 Å². The molecule has 2 rings (SSSR count). The van der Waals surface area contributed by atoms with E-state index in [1.165, 1.54) is 6.07 Å². The fourth-order valence-corrected chi connectivity index (χ4v) is 3.71. The first kappa shape index (κ1) is 15.5. The van der Waals surface area contributed by atoms with Gasteiger partial charge in [-0.3, -0.25) is 9.11 Å². The van der Waals surface area contributed by atoms with Gasteiger partial charge in [0, 0.05) is 36.2 Å². The molecule has 1 aliphatic rings. The number of hydrogen-bond acceptors (Lipinski definition) is 3. The Balaban J connectivity index is 2.02. The zero-order valence-corrected chi connectivity index (χ0v) is 12.4. The van der Waals surface area contributed by atoms with Gasteiger partial charge in [0.2, 0.25) is 0 Å². The summed E-state index contributed by atoms with van der Waals surface area (Å²) in [5.41, 5.74) is 0.355. The van der Waals surface area contributed by atoms with Crippen LogP contribution < -0.4 is 0 Å². The minimum Gasteiger partial charge on any atom is -0.387 e. The monoisotopic (exact) mass is 303 g/mol. The van der Waals surface area contributed by atoms with Crippen molar-refractivity contribution < 1.29 is 18.1 Å². The van der Waals surface area contributed by atoms with E-state index in [0.29, 0.717) is 31.0 Å². The molecule has 2 atom stereocenters. The van der Waals surface area contributed by atoms with Crippen molar-refractivity contribution in [1.82, 2.24) is 4.90 Å². The van der Waals surface area contributed by atoms with Gasteiger partial charge >= 0.3 is 0 Å². The highest BCUT2D eigenvalue weighted by molar-refractivity contribution is 7.86. The van der Waals surface area contributed by atoms with Crippen LogP contribution in [0.3, 0.4) is 0 Å². The van der Waals surface area contributed by atoms with E-state index < -0.39 is 28.5 Å². The molecule has 0 saturated carbocycles. The first-order valence-corrected chi connectivity index (χ1v) is 7.85. The van der Waals surface area contributed by atoms with Gasteiger partial charge in [0.05, 0.1) is 10.9 Å². The molecule has 1 aliphatic heterocycles. The molecule has 1 aromatic carbocycles. The SMILES string of the molecule is CC1(C)CN(CC(O)c2ccc(F)c(F)c2)CCS1=O. The zero-order valence-electron chi connectivity index (χ0n) is 11.6. The molecule has 1 saturated heterocycles. The Morgan fingerprint density at radius 1 is 1.40 bits per heavy atom. The molecule has 3 nitrogen and oxygen atoms in total. The van der Waals surface area contributed by atoms with Gasteiger partial charge in [0.1, 0.15) is 0 Å². The molecular weight excluding hydrogens is 284 g/mol. The Hall–Kier alpha value is -0.850. The van der Waals surface area contributed by atoms with Crippen molar-refractivity contribution in [1.29, 1.82) is 0 Å². The molecular formula is C14H19F2NO2S. The summed E-state index contributed by atoms with van der Waals surface area (Å²) < 4.78 is 37.5. The molecule has 2 unspecified atom stereocenters. The third-order valence-electron chi connectivity index (χ3n) is 3.57. The fourth-order valence-electron chi connectivity index (χ4n) is 2.40. The van der Waals surface area contributed by atoms with Gasteiger partial charge in [0.15, 0.2) is 11.6 Å². The number of aliphatic hydroxyl groups excluding tert-OH is 1. The highest BCUT2D eigenvalue weighted by atomic mass is 32.2. The molecule has 0 aliphatic carbocycles. The average Bonchev–Trinajstić information content (AvgIpc) is 2.36. The van der Waals surface area contributed by atoms with Crippen LogP contribution in [0.25, 0.3) is 0 Å². The molecule has 0 amide bonds. The normalized spacial score (nSPS) is 24.6. The summed E-state index contributed by atoms with van der Waals surface area (Å²) in [6.45, 7) is 5.43. The first-order chi connectivity index (χ1) is 9.29. The lowest BCUT2D eigenvalue weighted by Gasteiger charge is -2.38. The van der Waals surface area contributed by atoms with E-state index in [0.717, 1.165) is 12.1 Å². The second kappa shape index (κ2) is 5.87. The third kappa shape index (κ3) is 3.42. The number of benzene rings is 1. The highest BCUT2D eigenvalue weighted by Gasteiger charge is 2.33. The number of aliphatic hydroxyl groups is 1. The van der Waals surface area contributed by atoms with E-state index >= 15 is 0 Å². The van der Waals surface area contributed by atoms with Gasteiger partial charge < -0.3 is 5.11 Å². The van der Waals surface area contributed by atoms with Gasteiger partial charge in [-0.2, -0.15) is 0 Å². The summed E-state index contributed by atoms with van der Waals surface area (Å²) in [7, 11) is -0.870. The molecule has 0 spiro atoms. The zero-order chi connectivity index (χ0) is 14.9. The van der Waals surface area contributed by atoms with Crippen LogP contribution in [-0.4, -0.2) is 44.3 Å². The molecule has 1 heterocycles. The van der Waals surface area contributed by atoms with Crippen molar-refractivity contribution in [3.8, 4) is 0 Å². The quantitative estimate of drug-likeness (QED) is 0.926. The van der Waals surface area contributed by atoms with Crippen LogP contribution >= 0.6 is 0 Å². The lowest BCUT2D eigenvalue weighted by molar-refractivity contribution is 0.109. The molecule has 112 valence electrons. The third-order valence-corrected chi connectivity index (χ3v) is 5.49. The van der Waals surface area contributed by atoms with Gasteiger partial charge in [-0.15, -0.1) is 0 Å². The molecule has 0 radical (unpaired) electrons. The molecule has 1 aromatic rings. The maximum atomic E-state index is 13.2. The van der Waals surface area contributed by atoms with Crippen LogP contribution in [0.1, 0.15) is 25.5 Å². The van der Waals surface area contributed by atoms with Crippen molar-refractivity contribution in [2.45, 2.75) is 24.7 Å². The van der Waals surface area contributed by atoms with Gasteiger partial charge in [-0.25, -0.2) is 8.78 Å². The van der Waals surface area contributed by atoms with Crippen LogP contribution in [0.2, 0.25) is 0 Å². The Kier molecular flexibility index (Phi) is 4.56. The van der Waals surface area contributed by atoms with E-state index in [2.05, 4.69) is 0 Å². The summed E-state index contributed by atoms with van der Waals surface area (Å²) >= 11 is 0. The summed E-state index contributed by atoms with van der Waals surface area (Å²) in [6, 6.07) is 3.42. The Bertz CT molecular complexity index is 522. The number of rotatable bonds is 3. The number of hydrogen-bond donors (Lipinski definition) is 1. The highest BCUT2D eigenvalue weighted by Crippen LogP contribution is 2.23. The van der Waals surface area contributed by atoms with Crippen molar-refractivity contribution >= 4 is 10.8 Å². The minimum absolute atomic E-state index is 0.313. The van der Waals surface area contributed by atoms with Crippen LogP contribution in [0.15, 0.2) is 18.2 Å². The van der Waals surface area contributed by atoms with Crippen LogP contribution in [0.4, 0.5) is 8.78 Å². The van der Waals surface area contributed by atoms with Crippen molar-refractivity contribution in [3.63, 3.8) is 0 Å². The molecule has 1 N–H and O–H groups in total. The van der Waals surface area contributed by atoms with Crippen molar-refractivity contribution in [2.24, 2.45) is 0 Å². The first-order valence-electron chi connectivity index (χ1n) is 6.53. The summed E-state index contributed by atoms with van der Waals surface area (Å²) in [5, 5.41) is 10.1. The number of halogens is 2. The second-order valence-electron chi connectivity index (χ2n) is 5.73. The van der Waals surface area contributed by atoms with Gasteiger partial charge in [-0.1, -0.05) is 6.07 Å². The van der Waals surface area contributed by atoms with Crippen molar-refractivity contribution in [3.05, 3.63) is 35.4 Å². The van der Waals surface area contributed by atoms with Crippen LogP contribution in [-0.2, 0) is 10.8 Å². The summed E-state index contributed by atoms with van der Waals surface area (Å²) in [4.78, 5) is 2.01. The second-order valence-corrected chi connectivity index (χ2v) is 7.94. The minimum atomic E-state index is -0.957. The summed E-state index contributed by atoms with van der Waals surface area (Å²) in [6.07, 6.45) is -0.882. The fraction of sp³-hybridized carbons (Fsp3) is 0.571. The standard InChI is InChI=1S/C14H19F2NO2S/c1-14(2)9-17(5-6-20(14)19)8-13(18)10-3-4-11(15)12(16)7-10/h3-4,7,13,18H,5-6,8-9H2,1-2H3. The van der Waals surface area contributed by atoms with Crippen LogP contribution in [0.5, 0.6) is 0 Å². The molecule has 0 aromatic heterocycles. The Morgan fingerprint density at radius 3 is 2.70 bits per heavy atom. The van der Waals surface area contributed by atoms with E-state index in [9.17, 15) is 18.1 Å². The lowest BCUT2D eigenvalue weighted by atomic mass is 10.1. The predicted molar refractivity (Wildman–Crippen MR) is 74.8 cm³/mol. The van der Waals surface area contributed by atoms with Crippen molar-refractivity contribution in [2.75, 3.05) is 25.4 Å². The molecule has 1 fully saturated rings.